The van der Waals surface area contributed by atoms with E-state index in [9.17, 15) is 50.5 Å². The predicted octanol–water partition coefficient (Wildman–Crippen LogP) is 8.83. The van der Waals surface area contributed by atoms with Crippen molar-refractivity contribution >= 4 is 71.5 Å². The highest BCUT2D eigenvalue weighted by atomic mass is 32.3. The van der Waals surface area contributed by atoms with Crippen molar-refractivity contribution in [3.05, 3.63) is 168 Å². The molecule has 21 heteroatoms. The Hall–Kier alpha value is -5.42. The molecule has 69 heavy (non-hydrogen) atoms. The smallest absolute Gasteiger partial charge is 0.206 e. The molecule has 0 amide bonds. The Bertz CT molecular complexity index is 3080. The fourth-order valence-electron chi connectivity index (χ4n) is 7.14. The third-order valence-corrected chi connectivity index (χ3v) is 23.8. The molecule has 0 radical (unpaired) electrons. The summed E-state index contributed by atoms with van der Waals surface area (Å²) in [6.45, 7) is 8.34. The van der Waals surface area contributed by atoms with Gasteiger partial charge in [-0.25, -0.2) is 50.5 Å². The summed E-state index contributed by atoms with van der Waals surface area (Å²) < 4.78 is 173. The van der Waals surface area contributed by atoms with E-state index in [0.29, 0.717) is 35.1 Å². The van der Waals surface area contributed by atoms with Gasteiger partial charge in [0.15, 0.2) is 0 Å². The number of hydrogen-bond acceptors (Lipinski definition) is 12. The molecule has 0 aromatic heterocycles. The van der Waals surface area contributed by atoms with Gasteiger partial charge in [0.05, 0.1) is 40.7 Å². The van der Waals surface area contributed by atoms with Crippen LogP contribution in [0.25, 0.3) is 0 Å². The van der Waals surface area contributed by atoms with Gasteiger partial charge in [-0.2, -0.15) is 7.42 Å². The van der Waals surface area contributed by atoms with E-state index in [1.807, 2.05) is 6.92 Å². The van der Waals surface area contributed by atoms with Crippen molar-refractivity contribution < 1.29 is 50.5 Å². The van der Waals surface area contributed by atoms with Crippen LogP contribution in [0.5, 0.6) is 0 Å². The highest BCUT2D eigenvalue weighted by Gasteiger charge is 2.41. The summed E-state index contributed by atoms with van der Waals surface area (Å²) in [6.07, 6.45) is 3.86. The zero-order valence-corrected chi connectivity index (χ0v) is 43.4. The lowest BCUT2D eigenvalue weighted by atomic mass is 10.1. The minimum Gasteiger partial charge on any atom is -0.206 e. The van der Waals surface area contributed by atoms with Gasteiger partial charge >= 0.3 is 0 Å². The molecule has 0 atom stereocenters. The van der Waals surface area contributed by atoms with E-state index in [2.05, 4.69) is 0 Å². The van der Waals surface area contributed by atoms with Crippen LogP contribution in [-0.2, 0) is 60.1 Å². The lowest BCUT2D eigenvalue weighted by molar-refractivity contribution is 0.479. The molecule has 368 valence electrons. The van der Waals surface area contributed by atoms with Crippen molar-refractivity contribution in [1.29, 1.82) is 0 Å². The first-order valence-electron chi connectivity index (χ1n) is 21.7. The molecule has 6 aromatic carbocycles. The van der Waals surface area contributed by atoms with E-state index in [0.717, 1.165) is 67.8 Å². The molecule has 0 fully saturated rings. The lowest BCUT2D eigenvalue weighted by Crippen LogP contribution is -2.38. The van der Waals surface area contributed by atoms with Gasteiger partial charge in [0.1, 0.15) is 0 Å². The SMILES string of the molecule is CCCCCCCCN(S(=O)(=O)c1ccc(N(S(=O)(=O)c2ccc(C)cc2)S(=O)(=O)c2ccc(C)cc2)cc1)S(=O)(=O)c1ccc(N(S(=O)(=O)c2ccc(C)cc2)S(=O)(=O)c2ccc(C)cc2)cc1. The second kappa shape index (κ2) is 20.9. The molecule has 0 saturated heterocycles. The number of rotatable bonds is 21. The highest BCUT2D eigenvalue weighted by Crippen LogP contribution is 2.36. The number of unbranched alkanes of at least 4 members (excludes halogenated alkanes) is 5. The monoisotopic (exact) mass is 1060 g/mol. The molecule has 15 nitrogen and oxygen atoms in total. The lowest BCUT2D eigenvalue weighted by Gasteiger charge is -2.26. The zero-order valence-electron chi connectivity index (χ0n) is 38.5. The Kier molecular flexibility index (Phi) is 16.0. The fraction of sp³-hybridized carbons (Fsp3) is 0.250. The Morgan fingerprint density at radius 2 is 0.507 bits per heavy atom. The second-order valence-corrected chi connectivity index (χ2v) is 28.0. The summed E-state index contributed by atoms with van der Waals surface area (Å²) in [5, 5.41) is 0. The minimum atomic E-state index is -5.06. The van der Waals surface area contributed by atoms with Crippen LogP contribution in [0.4, 0.5) is 11.4 Å². The summed E-state index contributed by atoms with van der Waals surface area (Å²) in [5.41, 5.74) is 1.86. The van der Waals surface area contributed by atoms with Gasteiger partial charge in [-0.3, -0.25) is 0 Å². The molecule has 0 aliphatic heterocycles. The van der Waals surface area contributed by atoms with Gasteiger partial charge in [-0.05, 0) is 131 Å². The van der Waals surface area contributed by atoms with E-state index >= 15 is 0 Å². The van der Waals surface area contributed by atoms with Crippen molar-refractivity contribution in [2.75, 3.05) is 14.0 Å². The quantitative estimate of drug-likeness (QED) is 0.0618. The molecule has 0 aliphatic rings. The van der Waals surface area contributed by atoms with Crippen molar-refractivity contribution in [2.45, 2.75) is 103 Å². The number of benzene rings is 6. The van der Waals surface area contributed by atoms with Gasteiger partial charge in [0.25, 0.3) is 60.1 Å². The largest absolute Gasteiger partial charge is 0.277 e. The number of anilines is 2. The maximum Gasteiger partial charge on any atom is 0.277 e. The zero-order chi connectivity index (χ0) is 50.6. The van der Waals surface area contributed by atoms with Crippen LogP contribution in [0.1, 0.15) is 67.7 Å². The molecule has 0 bridgehead atoms. The van der Waals surface area contributed by atoms with Crippen LogP contribution < -0.4 is 7.42 Å². The first kappa shape index (κ1) is 52.9. The van der Waals surface area contributed by atoms with E-state index in [-0.39, 0.29) is 37.1 Å². The van der Waals surface area contributed by atoms with Crippen LogP contribution in [0.15, 0.2) is 175 Å². The van der Waals surface area contributed by atoms with Crippen LogP contribution >= 0.6 is 0 Å². The summed E-state index contributed by atoms with van der Waals surface area (Å²) in [7, 11) is -29.7. The van der Waals surface area contributed by atoms with E-state index in [1.165, 1.54) is 97.1 Å². The summed E-state index contributed by atoms with van der Waals surface area (Å²) >= 11 is 0. The average molecular weight is 1060 g/mol. The van der Waals surface area contributed by atoms with E-state index in [4.69, 9.17) is 0 Å². The first-order valence-corrected chi connectivity index (χ1v) is 30.4. The first-order chi connectivity index (χ1) is 32.4. The number of aryl methyl sites for hydroxylation is 4. The number of nitrogens with zero attached hydrogens (tertiary/aromatic N) is 3. The van der Waals surface area contributed by atoms with Gasteiger partial charge in [-0.1, -0.05) is 114 Å². The van der Waals surface area contributed by atoms with Gasteiger partial charge in [0.2, 0.25) is 0 Å². The van der Waals surface area contributed by atoms with Crippen LogP contribution in [-0.4, -0.2) is 60.8 Å². The van der Waals surface area contributed by atoms with Crippen LogP contribution in [0.2, 0.25) is 0 Å². The maximum absolute atomic E-state index is 14.6. The van der Waals surface area contributed by atoms with Crippen LogP contribution in [0, 0.1) is 27.7 Å². The van der Waals surface area contributed by atoms with Gasteiger partial charge in [0, 0.05) is 6.54 Å². The molecule has 6 rings (SSSR count). The van der Waals surface area contributed by atoms with Crippen molar-refractivity contribution in [3.8, 4) is 0 Å². The molecule has 0 aliphatic carbocycles. The summed E-state index contributed by atoms with van der Waals surface area (Å²) in [6, 6.07) is 29.2. The average Bonchev–Trinajstić information content (AvgIpc) is 3.29. The maximum atomic E-state index is 14.6. The predicted molar refractivity (Wildman–Crippen MR) is 266 cm³/mol. The Labute approximate surface area is 407 Å². The Morgan fingerprint density at radius 1 is 0.290 bits per heavy atom. The van der Waals surface area contributed by atoms with Gasteiger partial charge in [-0.15, -0.1) is 0 Å². The fourth-order valence-corrected chi connectivity index (χ4v) is 18.2. The third kappa shape index (κ3) is 11.3. The summed E-state index contributed by atoms with van der Waals surface area (Å²) in [5.74, 6) is 0. The molecule has 0 unspecified atom stereocenters. The van der Waals surface area contributed by atoms with E-state index in [1.54, 1.807) is 27.7 Å². The summed E-state index contributed by atoms with van der Waals surface area (Å²) in [4.78, 5) is -2.73. The molecule has 0 heterocycles. The standard InChI is InChI=1S/C48H53N3O12S6/c1-6-7-8-9-10-11-36-49(64(52,53)43-32-20-41(21-33-43)50(66(56,57)45-24-12-37(2)13-25-45)67(58,59)46-26-14-38(3)15-27-46)65(54,55)44-34-22-42(23-35-44)51(68(60,61)47-28-16-39(4)17-29-47)69(62,63)48-30-18-40(5)19-31-48/h12-35H,6-11,36H2,1-5H3. The molecule has 6 aromatic rings. The molecular weight excluding hydrogens is 1000 g/mol. The Balaban J connectivity index is 1.43. The number of hydrogen-bond donors (Lipinski definition) is 0. The molecule has 0 saturated carbocycles. The van der Waals surface area contributed by atoms with Crippen LogP contribution in [0.3, 0.4) is 0 Å². The molecule has 0 spiro atoms. The Morgan fingerprint density at radius 3 is 0.768 bits per heavy atom. The van der Waals surface area contributed by atoms with E-state index < -0.39 is 87.9 Å². The van der Waals surface area contributed by atoms with Crippen molar-refractivity contribution in [1.82, 2.24) is 3.71 Å². The topological polar surface area (TPSA) is 215 Å². The molecule has 0 N–H and O–H groups in total. The van der Waals surface area contributed by atoms with Crippen molar-refractivity contribution in [3.63, 3.8) is 0 Å². The third-order valence-electron chi connectivity index (χ3n) is 11.1. The highest BCUT2D eigenvalue weighted by molar-refractivity contribution is 8.11. The normalized spacial score (nSPS) is 12.8. The van der Waals surface area contributed by atoms with Crippen molar-refractivity contribution in [2.24, 2.45) is 0 Å². The van der Waals surface area contributed by atoms with Gasteiger partial charge < -0.3 is 0 Å². The number of sulfonamides is 6. The second-order valence-electron chi connectivity index (χ2n) is 16.4. The molecular formula is C48H53N3O12S6. The minimum absolute atomic E-state index is 0.0903.